The fourth-order valence-corrected chi connectivity index (χ4v) is 3.68. The normalized spacial score (nSPS) is 14.4. The molecule has 3 amide bonds. The van der Waals surface area contributed by atoms with Gasteiger partial charge in [0.1, 0.15) is 25.0 Å². The van der Waals surface area contributed by atoms with E-state index in [0.29, 0.717) is 26.2 Å². The van der Waals surface area contributed by atoms with Gasteiger partial charge < -0.3 is 31.1 Å². The van der Waals surface area contributed by atoms with Gasteiger partial charge in [0.05, 0.1) is 0 Å². The van der Waals surface area contributed by atoms with E-state index in [4.69, 9.17) is 21.0 Å². The Labute approximate surface area is 207 Å². The van der Waals surface area contributed by atoms with Gasteiger partial charge in [-0.05, 0) is 23.8 Å². The maximum atomic E-state index is 13.0. The van der Waals surface area contributed by atoms with Crippen molar-refractivity contribution in [1.82, 2.24) is 15.1 Å². The molecule has 12 nitrogen and oxygen atoms in total. The van der Waals surface area contributed by atoms with Crippen molar-refractivity contribution in [3.8, 4) is 0 Å². The number of amides is 3. The SMILES string of the molecule is N=C(N)C(C(=O)Nc1cccc(C(=O)NCC(=O)O)c1)N1CCN(C(=O)OCc2ccccc2)CC1. The third kappa shape index (κ3) is 7.27. The number of ether oxygens (including phenoxy) is 1. The van der Waals surface area contributed by atoms with E-state index in [2.05, 4.69) is 10.6 Å². The first kappa shape index (κ1) is 26.2. The lowest BCUT2D eigenvalue weighted by Crippen LogP contribution is -2.58. The number of carbonyl (C=O) groups is 4. The molecule has 12 heteroatoms. The Bertz CT molecular complexity index is 1120. The lowest BCUT2D eigenvalue weighted by Gasteiger charge is -2.37. The van der Waals surface area contributed by atoms with E-state index in [1.165, 1.54) is 23.1 Å². The van der Waals surface area contributed by atoms with Crippen molar-refractivity contribution in [2.24, 2.45) is 5.73 Å². The molecule has 1 saturated heterocycles. The number of benzene rings is 2. The molecule has 1 heterocycles. The Hall–Kier alpha value is -4.45. The lowest BCUT2D eigenvalue weighted by atomic mass is 10.1. The lowest BCUT2D eigenvalue weighted by molar-refractivity contribution is -0.135. The van der Waals surface area contributed by atoms with E-state index in [1.54, 1.807) is 11.0 Å². The number of piperazine rings is 1. The van der Waals surface area contributed by atoms with Crippen molar-refractivity contribution in [2.45, 2.75) is 12.6 Å². The van der Waals surface area contributed by atoms with E-state index in [0.717, 1.165) is 5.56 Å². The number of carboxylic acid groups (broad SMARTS) is 1. The summed E-state index contributed by atoms with van der Waals surface area (Å²) in [6.45, 7) is 0.818. The largest absolute Gasteiger partial charge is 0.480 e. The van der Waals surface area contributed by atoms with Crippen LogP contribution in [0.25, 0.3) is 0 Å². The maximum Gasteiger partial charge on any atom is 0.410 e. The van der Waals surface area contributed by atoms with Crippen LogP contribution in [0.2, 0.25) is 0 Å². The van der Waals surface area contributed by atoms with Crippen LogP contribution in [-0.4, -0.2) is 83.4 Å². The summed E-state index contributed by atoms with van der Waals surface area (Å²) in [4.78, 5) is 51.3. The molecule has 2 aromatic carbocycles. The molecule has 0 radical (unpaired) electrons. The third-order valence-corrected chi connectivity index (χ3v) is 5.48. The molecule has 0 saturated carbocycles. The summed E-state index contributed by atoms with van der Waals surface area (Å²) in [5.74, 6) is -2.71. The molecular weight excluding hydrogens is 468 g/mol. The van der Waals surface area contributed by atoms with Crippen molar-refractivity contribution in [3.05, 3.63) is 65.7 Å². The fourth-order valence-electron chi connectivity index (χ4n) is 3.68. The van der Waals surface area contributed by atoms with E-state index in [9.17, 15) is 19.2 Å². The molecule has 3 rings (SSSR count). The molecule has 6 N–H and O–H groups in total. The monoisotopic (exact) mass is 496 g/mol. The topological polar surface area (TPSA) is 178 Å². The Balaban J connectivity index is 1.55. The Morgan fingerprint density at radius 3 is 2.36 bits per heavy atom. The molecule has 1 fully saturated rings. The van der Waals surface area contributed by atoms with Crippen LogP contribution >= 0.6 is 0 Å². The summed E-state index contributed by atoms with van der Waals surface area (Å²) in [7, 11) is 0. The van der Waals surface area contributed by atoms with Gasteiger partial charge in [-0.1, -0.05) is 36.4 Å². The standard InChI is InChI=1S/C24H28N6O6/c25-21(26)20(23(34)28-18-8-4-7-17(13-18)22(33)27-14-19(31)32)29-9-11-30(12-10-29)24(35)36-15-16-5-2-1-3-6-16/h1-8,13,20H,9-12,14-15H2,(H3,25,26)(H,27,33)(H,28,34)(H,31,32). The van der Waals surface area contributed by atoms with Crippen LogP contribution in [-0.2, 0) is 20.9 Å². The summed E-state index contributed by atoms with van der Waals surface area (Å²) < 4.78 is 5.36. The van der Waals surface area contributed by atoms with Crippen molar-refractivity contribution in [2.75, 3.05) is 38.0 Å². The molecule has 0 aliphatic carbocycles. The molecule has 1 aliphatic heterocycles. The highest BCUT2D eigenvalue weighted by molar-refractivity contribution is 6.10. The maximum absolute atomic E-state index is 13.0. The number of nitrogens with zero attached hydrogens (tertiary/aromatic N) is 2. The van der Waals surface area contributed by atoms with Crippen molar-refractivity contribution in [1.29, 1.82) is 5.41 Å². The zero-order chi connectivity index (χ0) is 26.1. The molecule has 2 aromatic rings. The first-order chi connectivity index (χ1) is 17.2. The number of hydrogen-bond donors (Lipinski definition) is 5. The van der Waals surface area contributed by atoms with Crippen LogP contribution in [0.1, 0.15) is 15.9 Å². The van der Waals surface area contributed by atoms with Crippen LogP contribution in [0.15, 0.2) is 54.6 Å². The summed E-state index contributed by atoms with van der Waals surface area (Å²) in [6, 6.07) is 14.2. The number of carbonyl (C=O) groups excluding carboxylic acids is 3. The molecule has 1 atom stereocenters. The zero-order valence-electron chi connectivity index (χ0n) is 19.5. The molecule has 1 aliphatic rings. The predicted octanol–water partition coefficient (Wildman–Crippen LogP) is 0.698. The van der Waals surface area contributed by atoms with Crippen LogP contribution in [0.5, 0.6) is 0 Å². The quantitative estimate of drug-likeness (QED) is 0.249. The van der Waals surface area contributed by atoms with Crippen LogP contribution in [0.3, 0.4) is 0 Å². The molecule has 0 aromatic heterocycles. The molecule has 0 bridgehead atoms. The molecular formula is C24H28N6O6. The van der Waals surface area contributed by atoms with Crippen LogP contribution < -0.4 is 16.4 Å². The Morgan fingerprint density at radius 1 is 1.03 bits per heavy atom. The highest BCUT2D eigenvalue weighted by atomic mass is 16.6. The highest BCUT2D eigenvalue weighted by Crippen LogP contribution is 2.14. The van der Waals surface area contributed by atoms with Gasteiger partial charge in [0, 0.05) is 37.4 Å². The van der Waals surface area contributed by atoms with Crippen LogP contribution in [0, 0.1) is 5.41 Å². The first-order valence-corrected chi connectivity index (χ1v) is 11.2. The summed E-state index contributed by atoms with van der Waals surface area (Å²) in [5.41, 5.74) is 7.06. The third-order valence-electron chi connectivity index (χ3n) is 5.48. The average molecular weight is 497 g/mol. The van der Waals surface area contributed by atoms with Gasteiger partial charge in [-0.3, -0.25) is 24.7 Å². The molecule has 190 valence electrons. The molecule has 36 heavy (non-hydrogen) atoms. The second-order valence-electron chi connectivity index (χ2n) is 8.07. The number of nitrogens with one attached hydrogen (secondary N) is 3. The van der Waals surface area contributed by atoms with Gasteiger partial charge in [-0.15, -0.1) is 0 Å². The molecule has 1 unspecified atom stereocenters. The van der Waals surface area contributed by atoms with Gasteiger partial charge in [-0.2, -0.15) is 0 Å². The number of anilines is 1. The van der Waals surface area contributed by atoms with Crippen LogP contribution in [0.4, 0.5) is 10.5 Å². The second-order valence-corrected chi connectivity index (χ2v) is 8.07. The number of carboxylic acids is 1. The van der Waals surface area contributed by atoms with Crippen molar-refractivity contribution in [3.63, 3.8) is 0 Å². The number of aliphatic carboxylic acids is 1. The van der Waals surface area contributed by atoms with Gasteiger partial charge in [-0.25, -0.2) is 4.79 Å². The minimum absolute atomic E-state index is 0.158. The smallest absolute Gasteiger partial charge is 0.410 e. The summed E-state index contributed by atoms with van der Waals surface area (Å²) in [6.07, 6.45) is -0.458. The minimum atomic E-state index is -1.18. The first-order valence-electron chi connectivity index (χ1n) is 11.2. The van der Waals surface area contributed by atoms with Gasteiger partial charge in [0.25, 0.3) is 5.91 Å². The van der Waals surface area contributed by atoms with E-state index in [1.807, 2.05) is 30.3 Å². The summed E-state index contributed by atoms with van der Waals surface area (Å²) >= 11 is 0. The fraction of sp³-hybridized carbons (Fsp3) is 0.292. The second kappa shape index (κ2) is 12.3. The minimum Gasteiger partial charge on any atom is -0.480 e. The number of nitrogens with two attached hydrogens (primary N) is 1. The van der Waals surface area contributed by atoms with Gasteiger partial charge in [0.2, 0.25) is 5.91 Å². The number of rotatable bonds is 9. The number of hydrogen-bond acceptors (Lipinski definition) is 7. The van der Waals surface area contributed by atoms with Gasteiger partial charge >= 0.3 is 12.1 Å². The summed E-state index contributed by atoms with van der Waals surface area (Å²) in [5, 5.41) is 21.5. The zero-order valence-corrected chi connectivity index (χ0v) is 19.5. The van der Waals surface area contributed by atoms with Crippen molar-refractivity contribution >= 4 is 35.4 Å². The highest BCUT2D eigenvalue weighted by Gasteiger charge is 2.33. The predicted molar refractivity (Wildman–Crippen MR) is 131 cm³/mol. The van der Waals surface area contributed by atoms with Crippen molar-refractivity contribution < 1.29 is 29.0 Å². The van der Waals surface area contributed by atoms with E-state index in [-0.39, 0.29) is 23.7 Å². The Kier molecular flexibility index (Phi) is 8.95. The Morgan fingerprint density at radius 2 is 1.72 bits per heavy atom. The average Bonchev–Trinajstić information content (AvgIpc) is 2.87. The number of amidine groups is 1. The van der Waals surface area contributed by atoms with E-state index < -0.39 is 36.5 Å². The van der Waals surface area contributed by atoms with E-state index >= 15 is 0 Å². The van der Waals surface area contributed by atoms with Gasteiger partial charge in [0.15, 0.2) is 0 Å². The molecule has 0 spiro atoms.